The van der Waals surface area contributed by atoms with Crippen molar-refractivity contribution in [3.63, 3.8) is 0 Å². The number of aryl methyl sites for hydroxylation is 1. The predicted octanol–water partition coefficient (Wildman–Crippen LogP) is 2.82. The molecule has 0 amide bonds. The molecule has 1 unspecified atom stereocenters. The zero-order chi connectivity index (χ0) is 11.6. The second-order valence-corrected chi connectivity index (χ2v) is 4.93. The Bertz CT molecular complexity index is 394. The molecule has 0 fully saturated rings. The number of nitriles is 1. The molecule has 0 saturated carbocycles. The molecule has 0 radical (unpaired) electrons. The molecule has 0 spiro atoms. The van der Waals surface area contributed by atoms with Crippen LogP contribution < -0.4 is 5.73 Å². The number of hydrogen-bond donors (Lipinski definition) is 1. The minimum absolute atomic E-state index is 0.139. The minimum atomic E-state index is -0.515. The van der Waals surface area contributed by atoms with Gasteiger partial charge in [0, 0.05) is 0 Å². The van der Waals surface area contributed by atoms with Gasteiger partial charge in [-0.15, -0.1) is 0 Å². The molecule has 2 nitrogen and oxygen atoms in total. The Morgan fingerprint density at radius 2 is 1.93 bits per heavy atom. The van der Waals surface area contributed by atoms with Crippen molar-refractivity contribution in [2.45, 2.75) is 39.2 Å². The van der Waals surface area contributed by atoms with Crippen molar-refractivity contribution in [2.75, 3.05) is 0 Å². The van der Waals surface area contributed by atoms with Gasteiger partial charge in [-0.05, 0) is 29.0 Å². The summed E-state index contributed by atoms with van der Waals surface area (Å²) in [5.74, 6) is 0. The summed E-state index contributed by atoms with van der Waals surface area (Å²) in [6, 6.07) is 7.68. The molecule has 1 aromatic rings. The van der Waals surface area contributed by atoms with Gasteiger partial charge in [-0.3, -0.25) is 0 Å². The zero-order valence-electron chi connectivity index (χ0n) is 9.83. The maximum Gasteiger partial charge on any atom is 0.119 e. The molecule has 0 aliphatic carbocycles. The van der Waals surface area contributed by atoms with Gasteiger partial charge >= 0.3 is 0 Å². The van der Waals surface area contributed by atoms with Gasteiger partial charge in [-0.25, -0.2) is 0 Å². The second-order valence-electron chi connectivity index (χ2n) is 4.93. The van der Waals surface area contributed by atoms with Crippen LogP contribution in [0.25, 0.3) is 0 Å². The topological polar surface area (TPSA) is 49.8 Å². The molecule has 2 N–H and O–H groups in total. The number of nitrogens with two attached hydrogens (primary N) is 1. The number of hydrogen-bond acceptors (Lipinski definition) is 2. The maximum absolute atomic E-state index is 8.77. The lowest BCUT2D eigenvalue weighted by molar-refractivity contribution is 0.589. The summed E-state index contributed by atoms with van der Waals surface area (Å²) in [6.45, 7) is 8.52. The van der Waals surface area contributed by atoms with Crippen LogP contribution in [-0.4, -0.2) is 0 Å². The molecule has 1 atom stereocenters. The summed E-state index contributed by atoms with van der Waals surface area (Å²) in [5.41, 5.74) is 9.12. The standard InChI is InChI=1S/C13H18N2/c1-9-7-10(13(2,3)4)5-6-11(9)12(15)8-14/h5-7,12H,15H2,1-4H3. The van der Waals surface area contributed by atoms with E-state index in [1.54, 1.807) is 0 Å². The molecule has 0 heterocycles. The van der Waals surface area contributed by atoms with Crippen molar-refractivity contribution in [1.29, 1.82) is 5.26 Å². The third-order valence-corrected chi connectivity index (χ3v) is 2.61. The Kier molecular flexibility index (Phi) is 3.16. The van der Waals surface area contributed by atoms with Crippen LogP contribution in [0.4, 0.5) is 0 Å². The Morgan fingerprint density at radius 3 is 2.33 bits per heavy atom. The molecule has 1 rings (SSSR count). The largest absolute Gasteiger partial charge is 0.312 e. The lowest BCUT2D eigenvalue weighted by Crippen LogP contribution is -2.14. The van der Waals surface area contributed by atoms with Gasteiger partial charge in [0.25, 0.3) is 0 Å². The van der Waals surface area contributed by atoms with Crippen molar-refractivity contribution in [1.82, 2.24) is 0 Å². The summed E-state index contributed by atoms with van der Waals surface area (Å²) in [5, 5.41) is 8.77. The second kappa shape index (κ2) is 4.04. The number of rotatable bonds is 1. The van der Waals surface area contributed by atoms with E-state index < -0.39 is 6.04 Å². The van der Waals surface area contributed by atoms with Crippen LogP contribution in [-0.2, 0) is 5.41 Å². The molecular weight excluding hydrogens is 184 g/mol. The van der Waals surface area contributed by atoms with Gasteiger partial charge in [-0.2, -0.15) is 5.26 Å². The molecule has 80 valence electrons. The van der Waals surface area contributed by atoms with E-state index in [1.807, 2.05) is 13.0 Å². The van der Waals surface area contributed by atoms with Crippen LogP contribution in [0.1, 0.15) is 43.5 Å². The summed E-state index contributed by atoms with van der Waals surface area (Å²) >= 11 is 0. The van der Waals surface area contributed by atoms with E-state index in [1.165, 1.54) is 5.56 Å². The van der Waals surface area contributed by atoms with E-state index in [4.69, 9.17) is 11.0 Å². The van der Waals surface area contributed by atoms with Crippen molar-refractivity contribution >= 4 is 0 Å². The highest BCUT2D eigenvalue weighted by Gasteiger charge is 2.15. The lowest BCUT2D eigenvalue weighted by atomic mass is 9.85. The van der Waals surface area contributed by atoms with E-state index in [-0.39, 0.29) is 5.41 Å². The Labute approximate surface area is 91.7 Å². The average Bonchev–Trinajstić information content (AvgIpc) is 2.15. The van der Waals surface area contributed by atoms with Gasteiger partial charge in [0.15, 0.2) is 0 Å². The third kappa shape index (κ3) is 2.57. The van der Waals surface area contributed by atoms with E-state index in [0.717, 1.165) is 11.1 Å². The minimum Gasteiger partial charge on any atom is -0.312 e. The summed E-state index contributed by atoms with van der Waals surface area (Å²) < 4.78 is 0. The van der Waals surface area contributed by atoms with Crippen LogP contribution >= 0.6 is 0 Å². The normalized spacial score (nSPS) is 13.3. The van der Waals surface area contributed by atoms with Gasteiger partial charge in [0.1, 0.15) is 6.04 Å². The fraction of sp³-hybridized carbons (Fsp3) is 0.462. The van der Waals surface area contributed by atoms with E-state index in [9.17, 15) is 0 Å². The lowest BCUT2D eigenvalue weighted by Gasteiger charge is -2.21. The Morgan fingerprint density at radius 1 is 1.33 bits per heavy atom. The van der Waals surface area contributed by atoms with Crippen LogP contribution in [0.5, 0.6) is 0 Å². The quantitative estimate of drug-likeness (QED) is 0.761. The first-order chi connectivity index (χ1) is 6.86. The van der Waals surface area contributed by atoms with Gasteiger partial charge in [-0.1, -0.05) is 39.0 Å². The molecule has 2 heteroatoms. The van der Waals surface area contributed by atoms with E-state index >= 15 is 0 Å². The maximum atomic E-state index is 8.77. The summed E-state index contributed by atoms with van der Waals surface area (Å²) in [4.78, 5) is 0. The fourth-order valence-electron chi connectivity index (χ4n) is 1.56. The van der Waals surface area contributed by atoms with E-state index in [0.29, 0.717) is 0 Å². The van der Waals surface area contributed by atoms with E-state index in [2.05, 4.69) is 39.0 Å². The van der Waals surface area contributed by atoms with Crippen LogP contribution in [0.3, 0.4) is 0 Å². The average molecular weight is 202 g/mol. The highest BCUT2D eigenvalue weighted by atomic mass is 14.6. The molecular formula is C13H18N2. The van der Waals surface area contributed by atoms with Crippen LogP contribution in [0.2, 0.25) is 0 Å². The first kappa shape index (κ1) is 11.7. The van der Waals surface area contributed by atoms with Gasteiger partial charge in [0.05, 0.1) is 6.07 Å². The van der Waals surface area contributed by atoms with Crippen molar-refractivity contribution in [3.8, 4) is 6.07 Å². The Hall–Kier alpha value is -1.33. The highest BCUT2D eigenvalue weighted by Crippen LogP contribution is 2.25. The van der Waals surface area contributed by atoms with Crippen molar-refractivity contribution < 1.29 is 0 Å². The Balaban J connectivity index is 3.16. The molecule has 0 aromatic heterocycles. The van der Waals surface area contributed by atoms with Gasteiger partial charge < -0.3 is 5.73 Å². The van der Waals surface area contributed by atoms with Gasteiger partial charge in [0.2, 0.25) is 0 Å². The first-order valence-electron chi connectivity index (χ1n) is 5.12. The SMILES string of the molecule is Cc1cc(C(C)(C)C)ccc1C(N)C#N. The van der Waals surface area contributed by atoms with Crippen LogP contribution in [0, 0.1) is 18.3 Å². The van der Waals surface area contributed by atoms with Crippen molar-refractivity contribution in [3.05, 3.63) is 34.9 Å². The monoisotopic (exact) mass is 202 g/mol. The zero-order valence-corrected chi connectivity index (χ0v) is 9.83. The fourth-order valence-corrected chi connectivity index (χ4v) is 1.56. The summed E-state index contributed by atoms with van der Waals surface area (Å²) in [7, 11) is 0. The smallest absolute Gasteiger partial charge is 0.119 e. The van der Waals surface area contributed by atoms with Crippen molar-refractivity contribution in [2.24, 2.45) is 5.73 Å². The molecule has 15 heavy (non-hydrogen) atoms. The number of benzene rings is 1. The highest BCUT2D eigenvalue weighted by molar-refractivity contribution is 5.37. The van der Waals surface area contributed by atoms with Crippen LogP contribution in [0.15, 0.2) is 18.2 Å². The molecule has 1 aromatic carbocycles. The first-order valence-corrected chi connectivity index (χ1v) is 5.12. The molecule has 0 aliphatic heterocycles. The third-order valence-electron chi connectivity index (χ3n) is 2.61. The summed E-state index contributed by atoms with van der Waals surface area (Å²) in [6.07, 6.45) is 0. The predicted molar refractivity (Wildman–Crippen MR) is 62.4 cm³/mol. The molecule has 0 saturated heterocycles. The number of nitrogens with zero attached hydrogens (tertiary/aromatic N) is 1. The molecule has 0 bridgehead atoms. The molecule has 0 aliphatic rings.